The Balaban J connectivity index is 1.39. The van der Waals surface area contributed by atoms with Crippen LogP contribution < -0.4 is 0 Å². The number of allylic oxidation sites excluding steroid dienone is 2. The molecule has 2 amide bonds. The molecule has 11 nitrogen and oxygen atoms in total. The van der Waals surface area contributed by atoms with Gasteiger partial charge >= 0.3 is 18.2 Å². The van der Waals surface area contributed by atoms with Crippen LogP contribution in [0.25, 0.3) is 0 Å². The molecule has 0 bridgehead atoms. The van der Waals surface area contributed by atoms with Gasteiger partial charge in [-0.15, -0.1) is 0 Å². The van der Waals surface area contributed by atoms with Gasteiger partial charge in [-0.25, -0.2) is 14.0 Å². The van der Waals surface area contributed by atoms with E-state index >= 15 is 0 Å². The quantitative estimate of drug-likeness (QED) is 0.115. The second-order valence-corrected chi connectivity index (χ2v) is 15.1. The lowest BCUT2D eigenvalue weighted by Crippen LogP contribution is -2.53. The second-order valence-electron chi connectivity index (χ2n) is 15.1. The number of amides is 2. The maximum absolute atomic E-state index is 13.4. The number of esters is 1. The smallest absolute Gasteiger partial charge is 0.410 e. The number of likely N-dealkylation sites (tertiary alicyclic amines) is 1. The third-order valence-corrected chi connectivity index (χ3v) is 10.6. The van der Waals surface area contributed by atoms with Crippen LogP contribution in [0.1, 0.15) is 91.9 Å². The molecule has 282 valence electrons. The molecule has 1 saturated carbocycles. The highest BCUT2D eigenvalue weighted by Crippen LogP contribution is 2.28. The van der Waals surface area contributed by atoms with E-state index in [0.717, 1.165) is 18.7 Å². The third kappa shape index (κ3) is 12.1. The second kappa shape index (κ2) is 19.0. The van der Waals surface area contributed by atoms with Crippen LogP contribution in [0.4, 0.5) is 14.0 Å². The van der Waals surface area contributed by atoms with Crippen molar-refractivity contribution in [1.29, 1.82) is 0 Å². The zero-order valence-electron chi connectivity index (χ0n) is 30.5. The molecule has 0 aromatic rings. The number of nitrogens with zero attached hydrogens (tertiary/aromatic N) is 3. The molecule has 0 aromatic carbocycles. The van der Waals surface area contributed by atoms with Crippen molar-refractivity contribution in [2.75, 3.05) is 45.9 Å². The predicted molar refractivity (Wildman–Crippen MR) is 188 cm³/mol. The minimum atomic E-state index is -1.48. The zero-order chi connectivity index (χ0) is 36.3. The van der Waals surface area contributed by atoms with Crippen molar-refractivity contribution in [3.8, 4) is 0 Å². The molecule has 0 aromatic heterocycles. The van der Waals surface area contributed by atoms with Crippen molar-refractivity contribution in [3.63, 3.8) is 0 Å². The Hall–Kier alpha value is -2.96. The van der Waals surface area contributed by atoms with Crippen LogP contribution in [0.3, 0.4) is 0 Å². The van der Waals surface area contributed by atoms with E-state index in [2.05, 4.69) is 4.90 Å². The molecule has 3 heterocycles. The highest BCUT2D eigenvalue weighted by atomic mass is 19.1. The molecule has 0 radical (unpaired) electrons. The number of piperazine rings is 1. The van der Waals surface area contributed by atoms with Gasteiger partial charge in [-0.2, -0.15) is 0 Å². The fraction of sp³-hybridized carbons (Fsp3) is 0.763. The lowest BCUT2D eigenvalue weighted by molar-refractivity contribution is -0.151. The molecule has 3 fully saturated rings. The van der Waals surface area contributed by atoms with E-state index in [1.165, 1.54) is 43.4 Å². The maximum Gasteiger partial charge on any atom is 0.410 e. The first-order valence-corrected chi connectivity index (χ1v) is 18.7. The average Bonchev–Trinajstić information content (AvgIpc) is 3.34. The van der Waals surface area contributed by atoms with Crippen LogP contribution in [-0.2, 0) is 19.0 Å². The van der Waals surface area contributed by atoms with E-state index in [-0.39, 0.29) is 44.2 Å². The molecule has 2 N–H and O–H groups in total. The monoisotopic (exact) mass is 705 g/mol. The van der Waals surface area contributed by atoms with Crippen molar-refractivity contribution < 1.29 is 43.2 Å². The summed E-state index contributed by atoms with van der Waals surface area (Å²) in [6.45, 7) is 10.5. The van der Waals surface area contributed by atoms with Gasteiger partial charge in [0.05, 0.1) is 25.7 Å². The van der Waals surface area contributed by atoms with Gasteiger partial charge in [-0.1, -0.05) is 63.8 Å². The SMILES string of the molecule is C/C(=C\C=C\[C@@H](C)COC(=O)N1CC[C@H](F)C1)[C@H]1OC(=O)C[C@H](O)CC[C@@](C)(O)[C@@H](OC(=O)N2CCN(C3CCCCCC3)CC2)/C=C\[C@@H]1C. The van der Waals surface area contributed by atoms with Crippen LogP contribution in [0.15, 0.2) is 36.0 Å². The maximum atomic E-state index is 13.4. The summed E-state index contributed by atoms with van der Waals surface area (Å²) in [4.78, 5) is 44.1. The number of carbonyl (C=O) groups excluding carboxylic acids is 3. The molecule has 1 aliphatic carbocycles. The number of rotatable bonds is 7. The normalized spacial score (nSPS) is 32.8. The van der Waals surface area contributed by atoms with Gasteiger partial charge in [0, 0.05) is 50.6 Å². The fourth-order valence-electron chi connectivity index (χ4n) is 7.25. The van der Waals surface area contributed by atoms with Gasteiger partial charge in [-0.3, -0.25) is 9.69 Å². The fourth-order valence-corrected chi connectivity index (χ4v) is 7.25. The predicted octanol–water partition coefficient (Wildman–Crippen LogP) is 5.55. The van der Waals surface area contributed by atoms with Crippen molar-refractivity contribution in [2.24, 2.45) is 11.8 Å². The third-order valence-electron chi connectivity index (χ3n) is 10.6. The number of halogens is 1. The minimum absolute atomic E-state index is 0.0626. The summed E-state index contributed by atoms with van der Waals surface area (Å²) in [6.07, 6.45) is 12.1. The van der Waals surface area contributed by atoms with E-state index < -0.39 is 48.2 Å². The Bertz CT molecular complexity index is 1210. The summed E-state index contributed by atoms with van der Waals surface area (Å²) in [6, 6.07) is 0.578. The number of alkyl halides is 1. The first-order chi connectivity index (χ1) is 23.8. The molecule has 0 unspecified atom stereocenters. The summed E-state index contributed by atoms with van der Waals surface area (Å²) >= 11 is 0. The van der Waals surface area contributed by atoms with Gasteiger partial charge in [0.1, 0.15) is 17.9 Å². The largest absolute Gasteiger partial charge is 0.457 e. The average molecular weight is 706 g/mol. The van der Waals surface area contributed by atoms with Crippen LogP contribution in [-0.4, -0.2) is 125 Å². The summed E-state index contributed by atoms with van der Waals surface area (Å²) in [5, 5.41) is 22.2. The minimum Gasteiger partial charge on any atom is -0.457 e. The molecular weight excluding hydrogens is 645 g/mol. The number of hydrogen-bond donors (Lipinski definition) is 2. The molecule has 4 rings (SSSR count). The van der Waals surface area contributed by atoms with Crippen LogP contribution in [0.2, 0.25) is 0 Å². The zero-order valence-corrected chi connectivity index (χ0v) is 30.5. The van der Waals surface area contributed by atoms with Gasteiger partial charge in [0.15, 0.2) is 6.10 Å². The first-order valence-electron chi connectivity index (χ1n) is 18.7. The van der Waals surface area contributed by atoms with Crippen LogP contribution >= 0.6 is 0 Å². The highest BCUT2D eigenvalue weighted by molar-refractivity contribution is 5.70. The molecule has 0 spiro atoms. The molecular formula is C38H60FN3O8. The van der Waals surface area contributed by atoms with Crippen molar-refractivity contribution >= 4 is 18.2 Å². The Morgan fingerprint density at radius 2 is 1.74 bits per heavy atom. The van der Waals surface area contributed by atoms with Gasteiger partial charge in [-0.05, 0) is 57.6 Å². The van der Waals surface area contributed by atoms with Crippen LogP contribution in [0, 0.1) is 11.8 Å². The first kappa shape index (κ1) is 39.8. The van der Waals surface area contributed by atoms with E-state index in [0.29, 0.717) is 32.1 Å². The van der Waals surface area contributed by atoms with E-state index in [9.17, 15) is 29.0 Å². The number of aliphatic hydroxyl groups is 2. The summed E-state index contributed by atoms with van der Waals surface area (Å²) in [5.41, 5.74) is -0.746. The molecule has 2 saturated heterocycles. The van der Waals surface area contributed by atoms with Crippen molar-refractivity contribution in [3.05, 3.63) is 36.0 Å². The van der Waals surface area contributed by atoms with E-state index in [4.69, 9.17) is 14.2 Å². The number of aliphatic hydroxyl groups excluding tert-OH is 1. The van der Waals surface area contributed by atoms with E-state index in [1.54, 1.807) is 24.0 Å². The molecule has 7 atom stereocenters. The van der Waals surface area contributed by atoms with Gasteiger partial charge in [0.2, 0.25) is 0 Å². The van der Waals surface area contributed by atoms with Crippen LogP contribution in [0.5, 0.6) is 0 Å². The molecule has 4 aliphatic rings. The summed E-state index contributed by atoms with van der Waals surface area (Å²) < 4.78 is 30.6. The Kier molecular flexibility index (Phi) is 15.2. The molecule has 12 heteroatoms. The lowest BCUT2D eigenvalue weighted by Gasteiger charge is -2.40. The Labute approximate surface area is 297 Å². The highest BCUT2D eigenvalue weighted by Gasteiger charge is 2.37. The summed E-state index contributed by atoms with van der Waals surface area (Å²) in [7, 11) is 0. The number of carbonyl (C=O) groups is 3. The van der Waals surface area contributed by atoms with Crippen molar-refractivity contribution in [1.82, 2.24) is 14.7 Å². The van der Waals surface area contributed by atoms with Gasteiger partial charge in [0.25, 0.3) is 0 Å². The number of hydrogen-bond acceptors (Lipinski definition) is 9. The Morgan fingerprint density at radius 1 is 1.04 bits per heavy atom. The molecule has 50 heavy (non-hydrogen) atoms. The lowest BCUT2D eigenvalue weighted by atomic mass is 9.89. The number of cyclic esters (lactones) is 1. The Morgan fingerprint density at radius 3 is 2.40 bits per heavy atom. The summed E-state index contributed by atoms with van der Waals surface area (Å²) in [5.74, 6) is -1.03. The van der Waals surface area contributed by atoms with Crippen molar-refractivity contribution in [2.45, 2.75) is 128 Å². The van der Waals surface area contributed by atoms with Gasteiger partial charge < -0.3 is 34.2 Å². The topological polar surface area (TPSA) is 129 Å². The number of ether oxygens (including phenoxy) is 3. The molecule has 3 aliphatic heterocycles. The van der Waals surface area contributed by atoms with E-state index in [1.807, 2.05) is 39.0 Å². The standard InChI is InChI=1S/C38H60FN3O8/c1-27(26-48-36(45)42-19-17-30(39)25-42)10-9-11-28(2)35-29(3)14-15-33(38(4,47)18-16-32(43)24-34(44)50-35)49-37(46)41-22-20-40(21-23-41)31-12-7-5-6-8-13-31/h9-11,14-15,27,29-33,35,43,47H,5-8,12-13,16-26H2,1-4H3/b10-9+,15-14-,28-11+/t27-,29+,30+,32-,33+,35-,38-/m1/s1.